The third-order valence-electron chi connectivity index (χ3n) is 2.95. The molecule has 0 aromatic heterocycles. The molecule has 0 fully saturated rings. The number of hydrogen-bond acceptors (Lipinski definition) is 3. The minimum Gasteiger partial charge on any atom is -0.313 e. The summed E-state index contributed by atoms with van der Waals surface area (Å²) in [6.45, 7) is 1.86. The van der Waals surface area contributed by atoms with Crippen molar-refractivity contribution in [2.24, 2.45) is 0 Å². The van der Waals surface area contributed by atoms with Crippen LogP contribution in [0.3, 0.4) is 0 Å². The highest BCUT2D eigenvalue weighted by molar-refractivity contribution is 7.91. The van der Waals surface area contributed by atoms with Crippen LogP contribution in [-0.4, -0.2) is 21.2 Å². The first-order chi connectivity index (χ1) is 7.06. The summed E-state index contributed by atoms with van der Waals surface area (Å²) in [6, 6.07) is 5.84. The molecule has 0 radical (unpaired) electrons. The van der Waals surface area contributed by atoms with Gasteiger partial charge in [-0.3, -0.25) is 0 Å². The molecule has 15 heavy (non-hydrogen) atoms. The number of nitrogens with one attached hydrogen (secondary N) is 1. The van der Waals surface area contributed by atoms with E-state index < -0.39 is 9.84 Å². The van der Waals surface area contributed by atoms with Crippen LogP contribution in [0.4, 0.5) is 0 Å². The van der Waals surface area contributed by atoms with Crippen molar-refractivity contribution in [2.75, 3.05) is 12.8 Å². The minimum atomic E-state index is -3.06. The fourth-order valence-electron chi connectivity index (χ4n) is 2.20. The van der Waals surface area contributed by atoms with Crippen LogP contribution < -0.4 is 5.32 Å². The zero-order valence-corrected chi connectivity index (χ0v) is 9.76. The highest BCUT2D eigenvalue weighted by atomic mass is 32.2. The van der Waals surface area contributed by atoms with Gasteiger partial charge in [-0.05, 0) is 31.5 Å². The molecular weight excluding hydrogens is 210 g/mol. The summed E-state index contributed by atoms with van der Waals surface area (Å²) in [7, 11) is -1.19. The molecule has 0 saturated heterocycles. The van der Waals surface area contributed by atoms with Crippen LogP contribution in [0.1, 0.15) is 23.6 Å². The quantitative estimate of drug-likeness (QED) is 0.786. The average Bonchev–Trinajstić information content (AvgIpc) is 2.17. The number of aryl methyl sites for hydroxylation is 1. The van der Waals surface area contributed by atoms with Crippen molar-refractivity contribution in [1.29, 1.82) is 0 Å². The summed E-state index contributed by atoms with van der Waals surface area (Å²) in [5, 5.41) is 3.16. The molecule has 0 spiro atoms. The Morgan fingerprint density at radius 1 is 1.40 bits per heavy atom. The molecule has 82 valence electrons. The van der Waals surface area contributed by atoms with E-state index in [-0.39, 0.29) is 11.8 Å². The number of rotatable bonds is 1. The van der Waals surface area contributed by atoms with Crippen molar-refractivity contribution >= 4 is 9.84 Å². The molecule has 1 N–H and O–H groups in total. The van der Waals surface area contributed by atoms with Crippen LogP contribution in [0.25, 0.3) is 0 Å². The summed E-state index contributed by atoms with van der Waals surface area (Å²) in [4.78, 5) is 0.538. The lowest BCUT2D eigenvalue weighted by atomic mass is 10.0. The third-order valence-corrected chi connectivity index (χ3v) is 4.91. The second-order valence-electron chi connectivity index (χ2n) is 3.94. The topological polar surface area (TPSA) is 46.2 Å². The molecule has 0 bridgehead atoms. The van der Waals surface area contributed by atoms with Gasteiger partial charge >= 0.3 is 0 Å². The third kappa shape index (κ3) is 1.68. The number of hydrogen-bond donors (Lipinski definition) is 1. The predicted molar refractivity (Wildman–Crippen MR) is 59.6 cm³/mol. The zero-order valence-electron chi connectivity index (χ0n) is 8.95. The van der Waals surface area contributed by atoms with Gasteiger partial charge in [0.15, 0.2) is 9.84 Å². The molecule has 1 aliphatic rings. The highest BCUT2D eigenvalue weighted by Gasteiger charge is 2.30. The van der Waals surface area contributed by atoms with Crippen LogP contribution in [0.15, 0.2) is 23.1 Å². The fourth-order valence-corrected chi connectivity index (χ4v) is 4.08. The van der Waals surface area contributed by atoms with E-state index >= 15 is 0 Å². The van der Waals surface area contributed by atoms with Gasteiger partial charge in [-0.2, -0.15) is 0 Å². The van der Waals surface area contributed by atoms with Gasteiger partial charge in [-0.1, -0.05) is 18.2 Å². The van der Waals surface area contributed by atoms with E-state index in [9.17, 15) is 8.42 Å². The van der Waals surface area contributed by atoms with Crippen LogP contribution in [0, 0.1) is 6.92 Å². The Morgan fingerprint density at radius 2 is 2.13 bits per heavy atom. The Bertz CT molecular complexity index is 479. The van der Waals surface area contributed by atoms with Crippen molar-refractivity contribution < 1.29 is 8.42 Å². The average molecular weight is 225 g/mol. The highest BCUT2D eigenvalue weighted by Crippen LogP contribution is 2.33. The molecule has 1 heterocycles. The Morgan fingerprint density at radius 3 is 2.80 bits per heavy atom. The van der Waals surface area contributed by atoms with E-state index in [1.165, 1.54) is 0 Å². The second kappa shape index (κ2) is 3.61. The molecular formula is C11H15NO2S. The molecule has 1 aromatic carbocycles. The van der Waals surface area contributed by atoms with Gasteiger partial charge in [-0.25, -0.2) is 8.42 Å². The van der Waals surface area contributed by atoms with Crippen LogP contribution in [0.5, 0.6) is 0 Å². The molecule has 2 rings (SSSR count). The normalized spacial score (nSPS) is 23.5. The SMILES string of the molecule is CNC1CCS(=O)(=O)c2c(C)cccc21. The van der Waals surface area contributed by atoms with Crippen molar-refractivity contribution in [1.82, 2.24) is 5.32 Å². The standard InChI is InChI=1S/C11H15NO2S/c1-8-4-3-5-9-10(12-2)6-7-15(13,14)11(8)9/h3-5,10,12H,6-7H2,1-2H3. The van der Waals surface area contributed by atoms with E-state index in [0.29, 0.717) is 11.3 Å². The lowest BCUT2D eigenvalue weighted by molar-refractivity contribution is 0.527. The van der Waals surface area contributed by atoms with Gasteiger partial charge in [0, 0.05) is 6.04 Å². The van der Waals surface area contributed by atoms with Gasteiger partial charge in [0.1, 0.15) is 0 Å². The summed E-state index contributed by atoms with van der Waals surface area (Å²) in [5.41, 5.74) is 1.77. The maximum Gasteiger partial charge on any atom is 0.179 e. The molecule has 0 amide bonds. The first kappa shape index (κ1) is 10.6. The Labute approximate surface area is 90.4 Å². The summed E-state index contributed by atoms with van der Waals surface area (Å²) in [6.07, 6.45) is 0.662. The van der Waals surface area contributed by atoms with Gasteiger partial charge in [0.25, 0.3) is 0 Å². The van der Waals surface area contributed by atoms with Crippen molar-refractivity contribution in [3.8, 4) is 0 Å². The molecule has 0 aliphatic carbocycles. The van der Waals surface area contributed by atoms with Crippen molar-refractivity contribution in [3.05, 3.63) is 29.3 Å². The van der Waals surface area contributed by atoms with Crippen LogP contribution >= 0.6 is 0 Å². The van der Waals surface area contributed by atoms with E-state index in [1.807, 2.05) is 32.2 Å². The van der Waals surface area contributed by atoms with Gasteiger partial charge in [0.2, 0.25) is 0 Å². The van der Waals surface area contributed by atoms with Crippen LogP contribution in [0.2, 0.25) is 0 Å². The molecule has 0 saturated carbocycles. The fraction of sp³-hybridized carbons (Fsp3) is 0.455. The Hall–Kier alpha value is -0.870. The summed E-state index contributed by atoms with van der Waals surface area (Å²) >= 11 is 0. The monoisotopic (exact) mass is 225 g/mol. The maximum absolute atomic E-state index is 11.9. The maximum atomic E-state index is 11.9. The zero-order chi connectivity index (χ0) is 11.1. The first-order valence-electron chi connectivity index (χ1n) is 5.06. The number of fused-ring (bicyclic) bond motifs is 1. The van der Waals surface area contributed by atoms with E-state index in [2.05, 4.69) is 5.32 Å². The minimum absolute atomic E-state index is 0.170. The largest absolute Gasteiger partial charge is 0.313 e. The molecule has 1 aromatic rings. The molecule has 3 nitrogen and oxygen atoms in total. The first-order valence-corrected chi connectivity index (χ1v) is 6.71. The van der Waals surface area contributed by atoms with Crippen molar-refractivity contribution in [2.45, 2.75) is 24.3 Å². The molecule has 1 aliphatic heterocycles. The number of benzene rings is 1. The Kier molecular flexibility index (Phi) is 2.56. The predicted octanol–water partition coefficient (Wildman–Crippen LogP) is 1.43. The molecule has 1 unspecified atom stereocenters. The lowest BCUT2D eigenvalue weighted by Crippen LogP contribution is -2.28. The van der Waals surface area contributed by atoms with E-state index in [0.717, 1.165) is 11.1 Å². The van der Waals surface area contributed by atoms with Gasteiger partial charge in [-0.15, -0.1) is 0 Å². The smallest absolute Gasteiger partial charge is 0.179 e. The Balaban J connectivity index is 2.69. The van der Waals surface area contributed by atoms with Crippen LogP contribution in [-0.2, 0) is 9.84 Å². The lowest BCUT2D eigenvalue weighted by Gasteiger charge is -2.26. The summed E-state index contributed by atoms with van der Waals surface area (Å²) < 4.78 is 23.9. The second-order valence-corrected chi connectivity index (χ2v) is 5.99. The molecule has 4 heteroatoms. The van der Waals surface area contributed by atoms with Gasteiger partial charge < -0.3 is 5.32 Å². The van der Waals surface area contributed by atoms with E-state index in [1.54, 1.807) is 0 Å². The molecule has 1 atom stereocenters. The summed E-state index contributed by atoms with van der Waals surface area (Å²) in [5.74, 6) is 0.246. The van der Waals surface area contributed by atoms with Gasteiger partial charge in [0.05, 0.1) is 10.6 Å². The van der Waals surface area contributed by atoms with Crippen molar-refractivity contribution in [3.63, 3.8) is 0 Å². The number of sulfone groups is 1. The van der Waals surface area contributed by atoms with E-state index in [4.69, 9.17) is 0 Å².